The highest BCUT2D eigenvalue weighted by molar-refractivity contribution is 7.87. The van der Waals surface area contributed by atoms with Gasteiger partial charge in [0.15, 0.2) is 0 Å². The van der Waals surface area contributed by atoms with E-state index in [1.165, 1.54) is 11.2 Å². The van der Waals surface area contributed by atoms with E-state index in [0.29, 0.717) is 25.6 Å². The molecule has 0 aromatic heterocycles. The third-order valence-electron chi connectivity index (χ3n) is 2.74. The predicted octanol–water partition coefficient (Wildman–Crippen LogP) is -0.311. The molecule has 1 aliphatic heterocycles. The maximum atomic E-state index is 11.9. The molecule has 7 heteroatoms. The lowest BCUT2D eigenvalue weighted by Crippen LogP contribution is -2.47. The summed E-state index contributed by atoms with van der Waals surface area (Å²) in [4.78, 5) is 10.6. The summed E-state index contributed by atoms with van der Waals surface area (Å²) in [5.74, 6) is 0.256. The van der Waals surface area contributed by atoms with Crippen molar-refractivity contribution in [1.29, 1.82) is 0 Å². The van der Waals surface area contributed by atoms with Crippen molar-refractivity contribution in [1.82, 2.24) is 14.3 Å². The molecule has 1 rings (SSSR count). The molecule has 1 amide bonds. The van der Waals surface area contributed by atoms with E-state index in [-0.39, 0.29) is 12.5 Å². The van der Waals surface area contributed by atoms with Crippen LogP contribution in [0.2, 0.25) is 0 Å². The van der Waals surface area contributed by atoms with Gasteiger partial charge in [0.2, 0.25) is 5.91 Å². The van der Waals surface area contributed by atoms with Crippen molar-refractivity contribution in [3.05, 3.63) is 0 Å². The molecular formula is C10H21N3O3S. The fourth-order valence-corrected chi connectivity index (χ4v) is 3.24. The molecule has 0 bridgehead atoms. The molecule has 2 N–H and O–H groups in total. The van der Waals surface area contributed by atoms with Crippen LogP contribution >= 0.6 is 0 Å². The number of nitrogens with one attached hydrogen (secondary N) is 2. The van der Waals surface area contributed by atoms with Crippen molar-refractivity contribution < 1.29 is 13.2 Å². The SMILES string of the molecule is CC(=O)NCCNS(=O)(=O)N1CCCC(C)C1. The van der Waals surface area contributed by atoms with Gasteiger partial charge in [-0.3, -0.25) is 4.79 Å². The summed E-state index contributed by atoms with van der Waals surface area (Å²) < 4.78 is 27.7. The molecule has 1 aliphatic rings. The smallest absolute Gasteiger partial charge is 0.279 e. The quantitative estimate of drug-likeness (QED) is 0.668. The van der Waals surface area contributed by atoms with Crippen molar-refractivity contribution in [3.63, 3.8) is 0 Å². The van der Waals surface area contributed by atoms with Gasteiger partial charge >= 0.3 is 0 Å². The summed E-state index contributed by atoms with van der Waals surface area (Å²) >= 11 is 0. The van der Waals surface area contributed by atoms with Crippen molar-refractivity contribution in [3.8, 4) is 0 Å². The van der Waals surface area contributed by atoms with Crippen molar-refractivity contribution in [2.45, 2.75) is 26.7 Å². The molecule has 1 unspecified atom stereocenters. The summed E-state index contributed by atoms with van der Waals surface area (Å²) in [7, 11) is -3.38. The summed E-state index contributed by atoms with van der Waals surface area (Å²) in [6, 6.07) is 0. The van der Waals surface area contributed by atoms with E-state index in [0.717, 1.165) is 12.8 Å². The Kier molecular flexibility index (Phi) is 5.35. The van der Waals surface area contributed by atoms with Gasteiger partial charge in [-0.25, -0.2) is 4.72 Å². The van der Waals surface area contributed by atoms with Gasteiger partial charge in [-0.2, -0.15) is 12.7 Å². The molecule has 1 atom stereocenters. The van der Waals surface area contributed by atoms with Crippen LogP contribution in [0.3, 0.4) is 0 Å². The van der Waals surface area contributed by atoms with Crippen LogP contribution < -0.4 is 10.0 Å². The average Bonchev–Trinajstić information content (AvgIpc) is 2.24. The van der Waals surface area contributed by atoms with Crippen LogP contribution in [0.4, 0.5) is 0 Å². The maximum Gasteiger partial charge on any atom is 0.279 e. The Hall–Kier alpha value is -0.660. The maximum absolute atomic E-state index is 11.9. The topological polar surface area (TPSA) is 78.5 Å². The van der Waals surface area contributed by atoms with Crippen LogP contribution in [-0.2, 0) is 15.0 Å². The van der Waals surface area contributed by atoms with Crippen LogP contribution in [0.5, 0.6) is 0 Å². The van der Waals surface area contributed by atoms with Gasteiger partial charge in [0.25, 0.3) is 10.2 Å². The van der Waals surface area contributed by atoms with Crippen LogP contribution in [0.15, 0.2) is 0 Å². The first kappa shape index (κ1) is 14.4. The molecule has 6 nitrogen and oxygen atoms in total. The standard InChI is InChI=1S/C10H21N3O3S/c1-9-4-3-7-13(8-9)17(15,16)12-6-5-11-10(2)14/h9,12H,3-8H2,1-2H3,(H,11,14). The van der Waals surface area contributed by atoms with Gasteiger partial charge in [-0.05, 0) is 18.8 Å². The highest BCUT2D eigenvalue weighted by Crippen LogP contribution is 2.17. The van der Waals surface area contributed by atoms with Crippen LogP contribution in [-0.4, -0.2) is 44.8 Å². The first-order chi connectivity index (χ1) is 7.92. The van der Waals surface area contributed by atoms with E-state index < -0.39 is 10.2 Å². The van der Waals surface area contributed by atoms with E-state index in [4.69, 9.17) is 0 Å². The van der Waals surface area contributed by atoms with Crippen molar-refractivity contribution in [2.75, 3.05) is 26.2 Å². The monoisotopic (exact) mass is 263 g/mol. The third kappa shape index (κ3) is 5.01. The molecular weight excluding hydrogens is 242 g/mol. The molecule has 0 aromatic carbocycles. The first-order valence-corrected chi connectivity index (χ1v) is 7.35. The Morgan fingerprint density at radius 2 is 2.12 bits per heavy atom. The Morgan fingerprint density at radius 3 is 2.71 bits per heavy atom. The summed E-state index contributed by atoms with van der Waals surface area (Å²) in [6.45, 7) is 5.17. The van der Waals surface area contributed by atoms with Gasteiger partial charge in [0.1, 0.15) is 0 Å². The van der Waals surface area contributed by atoms with Gasteiger partial charge in [-0.1, -0.05) is 6.92 Å². The highest BCUT2D eigenvalue weighted by atomic mass is 32.2. The number of rotatable bonds is 5. The van der Waals surface area contributed by atoms with E-state index >= 15 is 0 Å². The Bertz CT molecular complexity index is 356. The molecule has 0 radical (unpaired) electrons. The van der Waals surface area contributed by atoms with Crippen molar-refractivity contribution >= 4 is 16.1 Å². The Labute approximate surface area is 103 Å². The molecule has 0 spiro atoms. The largest absolute Gasteiger partial charge is 0.355 e. The minimum Gasteiger partial charge on any atom is -0.355 e. The molecule has 1 heterocycles. The van der Waals surface area contributed by atoms with E-state index in [1.54, 1.807) is 0 Å². The van der Waals surface area contributed by atoms with Crippen molar-refractivity contribution in [2.24, 2.45) is 5.92 Å². The second-order valence-corrected chi connectivity index (χ2v) is 6.24. The van der Waals surface area contributed by atoms with Gasteiger partial charge in [0.05, 0.1) is 0 Å². The molecule has 17 heavy (non-hydrogen) atoms. The van der Waals surface area contributed by atoms with E-state index in [9.17, 15) is 13.2 Å². The number of hydrogen-bond acceptors (Lipinski definition) is 3. The number of piperidine rings is 1. The number of hydrogen-bond donors (Lipinski definition) is 2. The lowest BCUT2D eigenvalue weighted by atomic mass is 10.0. The molecule has 1 fully saturated rings. The lowest BCUT2D eigenvalue weighted by molar-refractivity contribution is -0.118. The predicted molar refractivity (Wildman–Crippen MR) is 65.6 cm³/mol. The normalized spacial score (nSPS) is 22.4. The number of carbonyl (C=O) groups is 1. The molecule has 1 saturated heterocycles. The fourth-order valence-electron chi connectivity index (χ4n) is 1.87. The minimum atomic E-state index is -3.38. The number of nitrogens with zero attached hydrogens (tertiary/aromatic N) is 1. The number of carbonyl (C=O) groups excluding carboxylic acids is 1. The zero-order valence-corrected chi connectivity index (χ0v) is 11.2. The second-order valence-electron chi connectivity index (χ2n) is 4.49. The zero-order chi connectivity index (χ0) is 12.9. The Morgan fingerprint density at radius 1 is 1.41 bits per heavy atom. The summed E-state index contributed by atoms with van der Waals surface area (Å²) in [5.41, 5.74) is 0. The van der Waals surface area contributed by atoms with E-state index in [2.05, 4.69) is 17.0 Å². The van der Waals surface area contributed by atoms with Crippen LogP contribution in [0, 0.1) is 5.92 Å². The molecule has 0 saturated carbocycles. The summed E-state index contributed by atoms with van der Waals surface area (Å²) in [6.07, 6.45) is 1.99. The van der Waals surface area contributed by atoms with Gasteiger partial charge in [-0.15, -0.1) is 0 Å². The third-order valence-corrected chi connectivity index (χ3v) is 4.32. The Balaban J connectivity index is 2.37. The van der Waals surface area contributed by atoms with Crippen LogP contribution in [0.25, 0.3) is 0 Å². The molecule has 0 aliphatic carbocycles. The zero-order valence-electron chi connectivity index (χ0n) is 10.4. The van der Waals surface area contributed by atoms with Gasteiger partial charge < -0.3 is 5.32 Å². The lowest BCUT2D eigenvalue weighted by Gasteiger charge is -2.29. The van der Waals surface area contributed by atoms with Crippen LogP contribution in [0.1, 0.15) is 26.7 Å². The minimum absolute atomic E-state index is 0.157. The second kappa shape index (κ2) is 6.32. The van der Waals surface area contributed by atoms with E-state index in [1.807, 2.05) is 0 Å². The fraction of sp³-hybridized carbons (Fsp3) is 0.900. The molecule has 100 valence electrons. The van der Waals surface area contributed by atoms with Gasteiger partial charge in [0, 0.05) is 33.1 Å². The average molecular weight is 263 g/mol. The highest BCUT2D eigenvalue weighted by Gasteiger charge is 2.26. The first-order valence-electron chi connectivity index (χ1n) is 5.91. The summed E-state index contributed by atoms with van der Waals surface area (Å²) in [5, 5.41) is 2.55. The molecule has 0 aromatic rings. The number of amides is 1.